The van der Waals surface area contributed by atoms with E-state index in [1.165, 1.54) is 40.5 Å². The number of halogens is 1. The molecular weight excluding hydrogens is 437 g/mol. The highest BCUT2D eigenvalue weighted by molar-refractivity contribution is 7.99. The van der Waals surface area contributed by atoms with Gasteiger partial charge in [-0.15, -0.1) is 6.58 Å². The van der Waals surface area contributed by atoms with E-state index < -0.39 is 5.82 Å². The van der Waals surface area contributed by atoms with Gasteiger partial charge in [0.1, 0.15) is 10.5 Å². The molecule has 3 heterocycles. The fourth-order valence-corrected chi connectivity index (χ4v) is 5.19. The second-order valence-corrected chi connectivity index (χ2v) is 9.06. The first-order chi connectivity index (χ1) is 15.0. The van der Waals surface area contributed by atoms with Crippen molar-refractivity contribution in [3.63, 3.8) is 0 Å². The number of amides is 1. The molecule has 3 aromatic rings. The van der Waals surface area contributed by atoms with E-state index in [0.717, 1.165) is 42.8 Å². The number of allylic oxidation sites excluding steroid dienone is 1. The number of piperidine rings is 1. The lowest BCUT2D eigenvalue weighted by Gasteiger charge is -2.25. The maximum atomic E-state index is 13.3. The number of hydrogen-bond donors (Lipinski definition) is 1. The summed E-state index contributed by atoms with van der Waals surface area (Å²) in [7, 11) is 0. The number of aromatic nitrogens is 3. The lowest BCUT2D eigenvalue weighted by molar-refractivity contribution is -0.113. The van der Waals surface area contributed by atoms with Crippen molar-refractivity contribution < 1.29 is 9.18 Å². The molecule has 7 nitrogen and oxygen atoms in total. The standard InChI is InChI=1S/C21H22FN5O2S2/c1-2-9-27-19(29)17-18(24-20(31-17)26-10-4-3-5-11-26)25-21(27)30-13-16(28)23-15-8-6-7-14(22)12-15/h2,6-8,12H,1,3-5,9-11,13H2,(H,23,28). The zero-order chi connectivity index (χ0) is 21.8. The van der Waals surface area contributed by atoms with Crippen molar-refractivity contribution in [2.45, 2.75) is 31.0 Å². The second-order valence-electron chi connectivity index (χ2n) is 7.14. The van der Waals surface area contributed by atoms with Crippen LogP contribution in [0.2, 0.25) is 0 Å². The molecule has 0 unspecified atom stereocenters. The minimum Gasteiger partial charge on any atom is -0.348 e. The molecule has 0 atom stereocenters. The summed E-state index contributed by atoms with van der Waals surface area (Å²) in [5.41, 5.74) is 0.603. The Balaban J connectivity index is 1.56. The number of thioether (sulfide) groups is 1. The predicted octanol–water partition coefficient (Wildman–Crippen LogP) is 3.90. The summed E-state index contributed by atoms with van der Waals surface area (Å²) in [5.74, 6) is -0.720. The zero-order valence-corrected chi connectivity index (χ0v) is 18.5. The van der Waals surface area contributed by atoms with Gasteiger partial charge in [-0.2, -0.15) is 4.98 Å². The zero-order valence-electron chi connectivity index (χ0n) is 16.8. The van der Waals surface area contributed by atoms with Crippen LogP contribution in [0.1, 0.15) is 19.3 Å². The Morgan fingerprint density at radius 3 is 2.84 bits per heavy atom. The molecule has 1 aromatic carbocycles. The van der Waals surface area contributed by atoms with E-state index in [4.69, 9.17) is 0 Å². The molecule has 162 valence electrons. The summed E-state index contributed by atoms with van der Waals surface area (Å²) >= 11 is 2.51. The van der Waals surface area contributed by atoms with E-state index in [1.807, 2.05) is 0 Å². The van der Waals surface area contributed by atoms with Crippen LogP contribution in [0.15, 0.2) is 46.9 Å². The van der Waals surface area contributed by atoms with Crippen LogP contribution in [0.4, 0.5) is 15.2 Å². The van der Waals surface area contributed by atoms with Crippen molar-refractivity contribution in [1.29, 1.82) is 0 Å². The average molecular weight is 460 g/mol. The molecule has 1 amide bonds. The summed E-state index contributed by atoms with van der Waals surface area (Å²) in [6, 6.07) is 5.69. The Morgan fingerprint density at radius 1 is 1.29 bits per heavy atom. The van der Waals surface area contributed by atoms with Gasteiger partial charge in [-0.25, -0.2) is 9.37 Å². The predicted molar refractivity (Wildman–Crippen MR) is 124 cm³/mol. The van der Waals surface area contributed by atoms with Crippen LogP contribution in [0, 0.1) is 5.82 Å². The quantitative estimate of drug-likeness (QED) is 0.328. The number of thiazole rings is 1. The van der Waals surface area contributed by atoms with Crippen LogP contribution in [0.25, 0.3) is 10.3 Å². The number of nitrogens with zero attached hydrogens (tertiary/aromatic N) is 4. The topological polar surface area (TPSA) is 80.1 Å². The molecule has 31 heavy (non-hydrogen) atoms. The summed E-state index contributed by atoms with van der Waals surface area (Å²) in [5, 5.41) is 3.87. The van der Waals surface area contributed by atoms with E-state index in [0.29, 0.717) is 21.2 Å². The normalized spacial score (nSPS) is 14.0. The molecule has 1 aliphatic heterocycles. The molecule has 4 rings (SSSR count). The van der Waals surface area contributed by atoms with Gasteiger partial charge in [0.15, 0.2) is 15.9 Å². The van der Waals surface area contributed by atoms with E-state index in [9.17, 15) is 14.0 Å². The van der Waals surface area contributed by atoms with Gasteiger partial charge in [-0.05, 0) is 37.5 Å². The molecule has 2 aromatic heterocycles. The van der Waals surface area contributed by atoms with Gasteiger partial charge in [-0.1, -0.05) is 35.2 Å². The van der Waals surface area contributed by atoms with Crippen LogP contribution < -0.4 is 15.8 Å². The summed E-state index contributed by atoms with van der Waals surface area (Å²) < 4.78 is 15.3. The minimum absolute atomic E-state index is 0.0225. The van der Waals surface area contributed by atoms with Crippen LogP contribution in [-0.4, -0.2) is 39.3 Å². The van der Waals surface area contributed by atoms with Gasteiger partial charge in [0.25, 0.3) is 5.56 Å². The van der Waals surface area contributed by atoms with Gasteiger partial charge in [0.2, 0.25) is 5.91 Å². The Hall–Kier alpha value is -2.72. The molecule has 0 spiro atoms. The van der Waals surface area contributed by atoms with Crippen molar-refractivity contribution >= 4 is 50.2 Å². The largest absolute Gasteiger partial charge is 0.348 e. The number of anilines is 2. The van der Waals surface area contributed by atoms with Crippen LogP contribution in [0.5, 0.6) is 0 Å². The third-order valence-electron chi connectivity index (χ3n) is 4.85. The number of nitrogens with one attached hydrogen (secondary N) is 1. The molecule has 1 aliphatic rings. The van der Waals surface area contributed by atoms with Crippen LogP contribution in [0.3, 0.4) is 0 Å². The summed E-state index contributed by atoms with van der Waals surface area (Å²) in [6.45, 7) is 5.87. The Labute approximate surface area is 187 Å². The maximum absolute atomic E-state index is 13.3. The van der Waals surface area contributed by atoms with Gasteiger partial charge < -0.3 is 10.2 Å². The van der Waals surface area contributed by atoms with Crippen molar-refractivity contribution in [2.24, 2.45) is 0 Å². The van der Waals surface area contributed by atoms with Crippen molar-refractivity contribution in [3.05, 3.63) is 53.1 Å². The molecule has 1 saturated heterocycles. The number of carbonyl (C=O) groups is 1. The lowest BCUT2D eigenvalue weighted by Crippen LogP contribution is -2.29. The van der Waals surface area contributed by atoms with E-state index in [1.54, 1.807) is 12.1 Å². The molecule has 1 N–H and O–H groups in total. The Morgan fingerprint density at radius 2 is 2.10 bits per heavy atom. The highest BCUT2D eigenvalue weighted by Crippen LogP contribution is 2.29. The van der Waals surface area contributed by atoms with E-state index >= 15 is 0 Å². The fourth-order valence-electron chi connectivity index (χ4n) is 3.39. The van der Waals surface area contributed by atoms with Gasteiger partial charge in [0.05, 0.1) is 5.75 Å². The highest BCUT2D eigenvalue weighted by atomic mass is 32.2. The molecule has 0 bridgehead atoms. The Kier molecular flexibility index (Phi) is 6.67. The SMILES string of the molecule is C=CCn1c(SCC(=O)Nc2cccc(F)c2)nc2nc(N3CCCCC3)sc2c1=O. The van der Waals surface area contributed by atoms with E-state index in [2.05, 4.69) is 26.8 Å². The molecular formula is C21H22FN5O2S2. The lowest BCUT2D eigenvalue weighted by atomic mass is 10.1. The number of benzene rings is 1. The van der Waals surface area contributed by atoms with Crippen molar-refractivity contribution in [1.82, 2.24) is 14.5 Å². The first-order valence-electron chi connectivity index (χ1n) is 10.0. The van der Waals surface area contributed by atoms with Gasteiger partial charge in [-0.3, -0.25) is 14.2 Å². The number of hydrogen-bond acceptors (Lipinski definition) is 7. The Bertz CT molecular complexity index is 1170. The van der Waals surface area contributed by atoms with E-state index in [-0.39, 0.29) is 23.8 Å². The van der Waals surface area contributed by atoms with Gasteiger partial charge >= 0.3 is 0 Å². The summed E-state index contributed by atoms with van der Waals surface area (Å²) in [4.78, 5) is 36.8. The number of fused-ring (bicyclic) bond motifs is 1. The number of rotatable bonds is 7. The van der Waals surface area contributed by atoms with Crippen LogP contribution in [-0.2, 0) is 11.3 Å². The first kappa shape index (κ1) is 21.5. The van der Waals surface area contributed by atoms with Crippen molar-refractivity contribution in [3.8, 4) is 0 Å². The van der Waals surface area contributed by atoms with Crippen molar-refractivity contribution in [2.75, 3.05) is 29.1 Å². The summed E-state index contributed by atoms with van der Waals surface area (Å²) in [6.07, 6.45) is 5.07. The third-order valence-corrected chi connectivity index (χ3v) is 6.92. The first-order valence-corrected chi connectivity index (χ1v) is 11.8. The number of carbonyl (C=O) groups excluding carboxylic acids is 1. The molecule has 0 radical (unpaired) electrons. The monoisotopic (exact) mass is 459 g/mol. The fraction of sp³-hybridized carbons (Fsp3) is 0.333. The molecule has 0 saturated carbocycles. The highest BCUT2D eigenvalue weighted by Gasteiger charge is 2.20. The molecule has 0 aliphatic carbocycles. The third kappa shape index (κ3) is 4.96. The van der Waals surface area contributed by atoms with Gasteiger partial charge in [0, 0.05) is 25.3 Å². The smallest absolute Gasteiger partial charge is 0.274 e. The maximum Gasteiger partial charge on any atom is 0.274 e. The average Bonchev–Trinajstić information content (AvgIpc) is 3.20. The second kappa shape index (κ2) is 9.61. The minimum atomic E-state index is -0.426. The molecule has 1 fully saturated rings. The molecule has 10 heteroatoms. The van der Waals surface area contributed by atoms with Crippen LogP contribution >= 0.6 is 23.1 Å².